The third-order valence-electron chi connectivity index (χ3n) is 4.95. The predicted octanol–water partition coefficient (Wildman–Crippen LogP) is 4.41. The summed E-state index contributed by atoms with van der Waals surface area (Å²) in [5.74, 6) is 0.187. The van der Waals surface area contributed by atoms with Crippen LogP contribution < -0.4 is 4.74 Å². The molecule has 27 heavy (non-hydrogen) atoms. The van der Waals surface area contributed by atoms with E-state index < -0.39 is 5.97 Å². The van der Waals surface area contributed by atoms with E-state index in [2.05, 4.69) is 41.3 Å². The Labute approximate surface area is 167 Å². The summed E-state index contributed by atoms with van der Waals surface area (Å²) in [6, 6.07) is 19.2. The lowest BCUT2D eigenvalue weighted by Gasteiger charge is -2.24. The summed E-state index contributed by atoms with van der Waals surface area (Å²) in [7, 11) is 0. The van der Waals surface area contributed by atoms with Gasteiger partial charge in [-0.2, -0.15) is 0 Å². The van der Waals surface area contributed by atoms with E-state index in [0.29, 0.717) is 19.1 Å². The van der Waals surface area contributed by atoms with Crippen LogP contribution in [0.2, 0.25) is 0 Å². The fourth-order valence-corrected chi connectivity index (χ4v) is 3.54. The molecule has 4 nitrogen and oxygen atoms in total. The van der Waals surface area contributed by atoms with E-state index in [9.17, 15) is 4.79 Å². The van der Waals surface area contributed by atoms with Crippen LogP contribution in [0.5, 0.6) is 5.75 Å². The van der Waals surface area contributed by atoms with Crippen LogP contribution in [0.25, 0.3) is 0 Å². The lowest BCUT2D eigenvalue weighted by Crippen LogP contribution is -2.35. The SMILES string of the molecule is Cl.O=C(O)CCCN1CCCC1COc1ccc(Cc2ccccc2)cc1. The highest BCUT2D eigenvalue weighted by atomic mass is 35.5. The molecule has 0 amide bonds. The lowest BCUT2D eigenvalue weighted by atomic mass is 10.1. The second-order valence-electron chi connectivity index (χ2n) is 6.95. The monoisotopic (exact) mass is 389 g/mol. The maximum Gasteiger partial charge on any atom is 0.303 e. The topological polar surface area (TPSA) is 49.8 Å². The molecule has 1 heterocycles. The molecule has 1 N–H and O–H groups in total. The molecule has 0 aliphatic carbocycles. The van der Waals surface area contributed by atoms with Gasteiger partial charge >= 0.3 is 5.97 Å². The maximum absolute atomic E-state index is 10.7. The second kappa shape index (κ2) is 11.0. The first kappa shape index (κ1) is 21.3. The van der Waals surface area contributed by atoms with Crippen molar-refractivity contribution < 1.29 is 14.6 Å². The summed E-state index contributed by atoms with van der Waals surface area (Å²) in [5.41, 5.74) is 2.59. The second-order valence-corrected chi connectivity index (χ2v) is 6.95. The number of halogens is 1. The summed E-state index contributed by atoms with van der Waals surface area (Å²) < 4.78 is 5.99. The Bertz CT molecular complexity index is 690. The molecule has 0 aromatic heterocycles. The van der Waals surface area contributed by atoms with Gasteiger partial charge in [-0.1, -0.05) is 42.5 Å². The Morgan fingerprint density at radius 2 is 1.78 bits per heavy atom. The number of likely N-dealkylation sites (tertiary alicyclic amines) is 1. The van der Waals surface area contributed by atoms with Gasteiger partial charge in [-0.15, -0.1) is 12.4 Å². The Morgan fingerprint density at radius 3 is 2.48 bits per heavy atom. The molecule has 0 saturated carbocycles. The van der Waals surface area contributed by atoms with Crippen molar-refractivity contribution >= 4 is 18.4 Å². The van der Waals surface area contributed by atoms with Gasteiger partial charge in [0.2, 0.25) is 0 Å². The zero-order chi connectivity index (χ0) is 18.2. The predicted molar refractivity (Wildman–Crippen MR) is 110 cm³/mol. The number of nitrogens with zero attached hydrogens (tertiary/aromatic N) is 1. The van der Waals surface area contributed by atoms with Crippen LogP contribution in [0, 0.1) is 0 Å². The molecule has 0 bridgehead atoms. The Balaban J connectivity index is 0.00000261. The van der Waals surface area contributed by atoms with Crippen LogP contribution in [0.1, 0.15) is 36.8 Å². The zero-order valence-electron chi connectivity index (χ0n) is 15.5. The number of benzene rings is 2. The van der Waals surface area contributed by atoms with Gasteiger partial charge in [-0.25, -0.2) is 0 Å². The molecule has 3 rings (SSSR count). The highest BCUT2D eigenvalue weighted by molar-refractivity contribution is 5.85. The number of rotatable bonds is 9. The standard InChI is InChI=1S/C22H27NO3.ClH/c24-22(25)9-5-15-23-14-4-8-20(23)17-26-21-12-10-19(11-13-21)16-18-6-2-1-3-7-18;/h1-3,6-7,10-13,20H,4-5,8-9,14-17H2,(H,24,25);1H. The average molecular weight is 390 g/mol. The van der Waals surface area contributed by atoms with Crippen LogP contribution in [-0.2, 0) is 11.2 Å². The van der Waals surface area contributed by atoms with Crippen LogP contribution >= 0.6 is 12.4 Å². The summed E-state index contributed by atoms with van der Waals surface area (Å²) >= 11 is 0. The zero-order valence-corrected chi connectivity index (χ0v) is 16.4. The smallest absolute Gasteiger partial charge is 0.303 e. The van der Waals surface area contributed by atoms with Crippen molar-refractivity contribution in [2.45, 2.75) is 38.1 Å². The lowest BCUT2D eigenvalue weighted by molar-refractivity contribution is -0.137. The van der Waals surface area contributed by atoms with Crippen molar-refractivity contribution in [1.29, 1.82) is 0 Å². The molecule has 1 unspecified atom stereocenters. The van der Waals surface area contributed by atoms with E-state index in [1.807, 2.05) is 18.2 Å². The van der Waals surface area contributed by atoms with Crippen LogP contribution in [0.4, 0.5) is 0 Å². The van der Waals surface area contributed by atoms with Gasteiger partial charge in [0, 0.05) is 12.5 Å². The van der Waals surface area contributed by atoms with Crippen LogP contribution in [0.15, 0.2) is 54.6 Å². The van der Waals surface area contributed by atoms with Crippen LogP contribution in [-0.4, -0.2) is 41.7 Å². The number of hydrogen-bond donors (Lipinski definition) is 1. The third kappa shape index (κ3) is 6.89. The number of hydrogen-bond acceptors (Lipinski definition) is 3. The summed E-state index contributed by atoms with van der Waals surface area (Å²) in [4.78, 5) is 13.0. The van der Waals surface area contributed by atoms with Gasteiger partial charge in [0.15, 0.2) is 0 Å². The molecular formula is C22H28ClNO3. The molecule has 1 atom stereocenters. The van der Waals surface area contributed by atoms with Gasteiger partial charge in [-0.05, 0) is 62.0 Å². The van der Waals surface area contributed by atoms with Gasteiger partial charge in [0.25, 0.3) is 0 Å². The summed E-state index contributed by atoms with van der Waals surface area (Å²) in [6.45, 7) is 2.56. The molecule has 1 saturated heterocycles. The number of carbonyl (C=O) groups is 1. The van der Waals surface area contributed by atoms with Gasteiger partial charge in [-0.3, -0.25) is 9.69 Å². The first-order chi connectivity index (χ1) is 12.7. The molecule has 1 fully saturated rings. The largest absolute Gasteiger partial charge is 0.492 e. The normalized spacial score (nSPS) is 16.7. The molecule has 0 radical (unpaired) electrons. The summed E-state index contributed by atoms with van der Waals surface area (Å²) in [5, 5.41) is 8.78. The van der Waals surface area contributed by atoms with E-state index in [1.54, 1.807) is 0 Å². The minimum Gasteiger partial charge on any atom is -0.492 e. The van der Waals surface area contributed by atoms with Crippen molar-refractivity contribution in [3.8, 4) is 5.75 Å². The quantitative estimate of drug-likeness (QED) is 0.690. The van der Waals surface area contributed by atoms with Gasteiger partial charge in [0.1, 0.15) is 12.4 Å². The van der Waals surface area contributed by atoms with Crippen molar-refractivity contribution in [3.05, 3.63) is 65.7 Å². The van der Waals surface area contributed by atoms with Gasteiger partial charge in [0.05, 0.1) is 0 Å². The van der Waals surface area contributed by atoms with E-state index >= 15 is 0 Å². The van der Waals surface area contributed by atoms with Crippen molar-refractivity contribution in [3.63, 3.8) is 0 Å². The fourth-order valence-electron chi connectivity index (χ4n) is 3.54. The number of ether oxygens (including phenoxy) is 1. The molecule has 2 aromatic carbocycles. The average Bonchev–Trinajstić information content (AvgIpc) is 3.09. The van der Waals surface area contributed by atoms with E-state index in [1.165, 1.54) is 11.1 Å². The number of carboxylic acids is 1. The highest BCUT2D eigenvalue weighted by Crippen LogP contribution is 2.20. The molecule has 0 spiro atoms. The number of carboxylic acid groups (broad SMARTS) is 1. The van der Waals surface area contributed by atoms with Crippen molar-refractivity contribution in [2.24, 2.45) is 0 Å². The highest BCUT2D eigenvalue weighted by Gasteiger charge is 2.24. The molecule has 146 valence electrons. The summed E-state index contributed by atoms with van der Waals surface area (Å²) in [6.07, 6.45) is 4.17. The Kier molecular flexibility index (Phi) is 8.62. The minimum atomic E-state index is -0.715. The van der Waals surface area contributed by atoms with Crippen LogP contribution in [0.3, 0.4) is 0 Å². The number of aliphatic carboxylic acids is 1. The Hall–Kier alpha value is -2.04. The van der Waals surface area contributed by atoms with E-state index in [4.69, 9.17) is 9.84 Å². The maximum atomic E-state index is 10.7. The molecule has 5 heteroatoms. The minimum absolute atomic E-state index is 0. The van der Waals surface area contributed by atoms with Gasteiger partial charge < -0.3 is 9.84 Å². The van der Waals surface area contributed by atoms with Crippen molar-refractivity contribution in [1.82, 2.24) is 4.90 Å². The molecule has 2 aromatic rings. The van der Waals surface area contributed by atoms with E-state index in [-0.39, 0.29) is 18.8 Å². The first-order valence-electron chi connectivity index (χ1n) is 9.42. The molecule has 1 aliphatic rings. The first-order valence-corrected chi connectivity index (χ1v) is 9.42. The molecular weight excluding hydrogens is 362 g/mol. The Morgan fingerprint density at radius 1 is 1.07 bits per heavy atom. The molecule has 1 aliphatic heterocycles. The van der Waals surface area contributed by atoms with E-state index in [0.717, 1.165) is 38.1 Å². The third-order valence-corrected chi connectivity index (χ3v) is 4.95. The van der Waals surface area contributed by atoms with Crippen molar-refractivity contribution in [2.75, 3.05) is 19.7 Å². The fraction of sp³-hybridized carbons (Fsp3) is 0.409.